The van der Waals surface area contributed by atoms with Crippen LogP contribution in [0.25, 0.3) is 28.5 Å². The van der Waals surface area contributed by atoms with E-state index in [-0.39, 0.29) is 0 Å². The zero-order chi connectivity index (χ0) is 16.4. The van der Waals surface area contributed by atoms with Gasteiger partial charge in [0.25, 0.3) is 0 Å². The van der Waals surface area contributed by atoms with Crippen LogP contribution in [-0.2, 0) is 0 Å². The van der Waals surface area contributed by atoms with Crippen LogP contribution in [0.15, 0.2) is 72.0 Å². The van der Waals surface area contributed by atoms with Gasteiger partial charge < -0.3 is 0 Å². The molecule has 116 valence electrons. The SMILES string of the molecule is Brc1cncc(-n2cc(-c3cccc(-c4ncccn4)n3)cn2)c1. The lowest BCUT2D eigenvalue weighted by Gasteiger charge is -2.02. The van der Waals surface area contributed by atoms with Gasteiger partial charge in [-0.3, -0.25) is 4.98 Å². The Hall–Kier alpha value is -2.93. The lowest BCUT2D eigenvalue weighted by molar-refractivity contribution is 0.873. The smallest absolute Gasteiger partial charge is 0.178 e. The van der Waals surface area contributed by atoms with Crippen molar-refractivity contribution in [3.05, 3.63) is 72.0 Å². The van der Waals surface area contributed by atoms with Crippen LogP contribution in [0.1, 0.15) is 0 Å². The number of hydrogen-bond acceptors (Lipinski definition) is 5. The highest BCUT2D eigenvalue weighted by molar-refractivity contribution is 9.10. The zero-order valence-corrected chi connectivity index (χ0v) is 14.0. The van der Waals surface area contributed by atoms with Crippen molar-refractivity contribution in [1.29, 1.82) is 0 Å². The summed E-state index contributed by atoms with van der Waals surface area (Å²) in [5, 5.41) is 4.39. The van der Waals surface area contributed by atoms with Crippen LogP contribution in [0, 0.1) is 0 Å². The lowest BCUT2D eigenvalue weighted by Crippen LogP contribution is -1.94. The first-order chi connectivity index (χ1) is 11.8. The van der Waals surface area contributed by atoms with E-state index in [0.717, 1.165) is 27.1 Å². The maximum atomic E-state index is 4.63. The second kappa shape index (κ2) is 6.29. The van der Waals surface area contributed by atoms with Gasteiger partial charge in [0, 0.05) is 34.8 Å². The largest absolute Gasteiger partial charge is 0.261 e. The third kappa shape index (κ3) is 2.93. The molecule has 0 aliphatic carbocycles. The number of aromatic nitrogens is 6. The maximum absolute atomic E-state index is 4.63. The molecule has 24 heavy (non-hydrogen) atoms. The van der Waals surface area contributed by atoms with Crippen LogP contribution in [0.3, 0.4) is 0 Å². The van der Waals surface area contributed by atoms with Gasteiger partial charge in [0.2, 0.25) is 0 Å². The van der Waals surface area contributed by atoms with Crippen LogP contribution in [0.2, 0.25) is 0 Å². The van der Waals surface area contributed by atoms with E-state index in [0.29, 0.717) is 5.82 Å². The average Bonchev–Trinajstić information content (AvgIpc) is 3.13. The second-order valence-electron chi connectivity index (χ2n) is 5.02. The third-order valence-corrected chi connectivity index (χ3v) is 3.81. The first-order valence-electron chi connectivity index (χ1n) is 7.20. The van der Waals surface area contributed by atoms with Crippen molar-refractivity contribution in [2.24, 2.45) is 0 Å². The van der Waals surface area contributed by atoms with Crippen molar-refractivity contribution in [1.82, 2.24) is 29.7 Å². The number of halogens is 1. The highest BCUT2D eigenvalue weighted by Crippen LogP contribution is 2.21. The Kier molecular flexibility index (Phi) is 3.84. The molecular formula is C17H11BrN6. The average molecular weight is 379 g/mol. The molecule has 0 unspecified atom stereocenters. The van der Waals surface area contributed by atoms with E-state index in [4.69, 9.17) is 0 Å². The van der Waals surface area contributed by atoms with Gasteiger partial charge in [-0.05, 0) is 40.2 Å². The summed E-state index contributed by atoms with van der Waals surface area (Å²) >= 11 is 3.42. The van der Waals surface area contributed by atoms with E-state index in [1.807, 2.05) is 30.5 Å². The summed E-state index contributed by atoms with van der Waals surface area (Å²) < 4.78 is 2.67. The normalized spacial score (nSPS) is 10.7. The molecule has 0 saturated carbocycles. The Bertz CT molecular complexity index is 983. The fourth-order valence-corrected chi connectivity index (χ4v) is 2.63. The van der Waals surface area contributed by atoms with Gasteiger partial charge in [-0.15, -0.1) is 0 Å². The molecule has 0 saturated heterocycles. The van der Waals surface area contributed by atoms with E-state index in [1.54, 1.807) is 41.7 Å². The molecule has 0 aromatic carbocycles. The standard InChI is InChI=1S/C17H11BrN6/c18-13-7-14(10-19-9-13)24-11-12(8-22-24)15-3-1-4-16(23-15)17-20-5-2-6-21-17/h1-11H. The first kappa shape index (κ1) is 14.6. The minimum Gasteiger partial charge on any atom is -0.261 e. The summed E-state index contributed by atoms with van der Waals surface area (Å²) in [5.41, 5.74) is 3.32. The lowest BCUT2D eigenvalue weighted by atomic mass is 10.2. The fourth-order valence-electron chi connectivity index (χ4n) is 2.27. The zero-order valence-electron chi connectivity index (χ0n) is 12.4. The molecule has 6 nitrogen and oxygen atoms in total. The summed E-state index contributed by atoms with van der Waals surface area (Å²) in [7, 11) is 0. The predicted octanol–water partition coefficient (Wildman–Crippen LogP) is 3.55. The molecule has 4 aromatic heterocycles. The van der Waals surface area contributed by atoms with Gasteiger partial charge in [0.1, 0.15) is 5.69 Å². The van der Waals surface area contributed by atoms with Crippen LogP contribution < -0.4 is 0 Å². The van der Waals surface area contributed by atoms with Crippen LogP contribution >= 0.6 is 15.9 Å². The van der Waals surface area contributed by atoms with Crippen molar-refractivity contribution in [2.75, 3.05) is 0 Å². The fraction of sp³-hybridized carbons (Fsp3) is 0. The molecule has 0 fully saturated rings. The molecule has 0 aliphatic heterocycles. The third-order valence-electron chi connectivity index (χ3n) is 3.38. The molecule has 4 aromatic rings. The highest BCUT2D eigenvalue weighted by Gasteiger charge is 2.08. The van der Waals surface area contributed by atoms with E-state index in [2.05, 4.69) is 41.0 Å². The van der Waals surface area contributed by atoms with Crippen molar-refractivity contribution in [2.45, 2.75) is 0 Å². The molecule has 0 spiro atoms. The van der Waals surface area contributed by atoms with Crippen molar-refractivity contribution >= 4 is 15.9 Å². The minimum atomic E-state index is 0.600. The molecule has 4 rings (SSSR count). The Labute approximate surface area is 146 Å². The summed E-state index contributed by atoms with van der Waals surface area (Å²) in [5.74, 6) is 0.600. The number of pyridine rings is 2. The Balaban J connectivity index is 1.70. The van der Waals surface area contributed by atoms with Gasteiger partial charge >= 0.3 is 0 Å². The molecule has 0 N–H and O–H groups in total. The first-order valence-corrected chi connectivity index (χ1v) is 7.99. The molecule has 7 heteroatoms. The monoisotopic (exact) mass is 378 g/mol. The molecule has 4 heterocycles. The van der Waals surface area contributed by atoms with Crippen LogP contribution in [0.5, 0.6) is 0 Å². The number of rotatable bonds is 3. The highest BCUT2D eigenvalue weighted by atomic mass is 79.9. The summed E-state index contributed by atoms with van der Waals surface area (Å²) in [6, 6.07) is 9.50. The van der Waals surface area contributed by atoms with Gasteiger partial charge in [-0.2, -0.15) is 5.10 Å². The molecule has 0 radical (unpaired) electrons. The van der Waals surface area contributed by atoms with Crippen LogP contribution in [0.4, 0.5) is 0 Å². The Morgan fingerprint density at radius 3 is 2.58 bits per heavy atom. The van der Waals surface area contributed by atoms with E-state index >= 15 is 0 Å². The molecule has 0 bridgehead atoms. The summed E-state index contributed by atoms with van der Waals surface area (Å²) in [4.78, 5) is 17.3. The van der Waals surface area contributed by atoms with Crippen molar-refractivity contribution in [3.8, 4) is 28.5 Å². The maximum Gasteiger partial charge on any atom is 0.178 e. The molecule has 0 aliphatic rings. The van der Waals surface area contributed by atoms with E-state index in [9.17, 15) is 0 Å². The minimum absolute atomic E-state index is 0.600. The summed E-state index contributed by atoms with van der Waals surface area (Å²) in [6.45, 7) is 0. The Morgan fingerprint density at radius 1 is 0.917 bits per heavy atom. The van der Waals surface area contributed by atoms with E-state index < -0.39 is 0 Å². The van der Waals surface area contributed by atoms with Crippen LogP contribution in [-0.4, -0.2) is 29.7 Å². The van der Waals surface area contributed by atoms with Gasteiger partial charge in [0.05, 0.1) is 23.8 Å². The topological polar surface area (TPSA) is 69.4 Å². The quantitative estimate of drug-likeness (QED) is 0.545. The number of hydrogen-bond donors (Lipinski definition) is 0. The molecular weight excluding hydrogens is 368 g/mol. The summed E-state index contributed by atoms with van der Waals surface area (Å²) in [6.07, 6.45) is 10.6. The van der Waals surface area contributed by atoms with Gasteiger partial charge in [-0.1, -0.05) is 6.07 Å². The van der Waals surface area contributed by atoms with Crippen molar-refractivity contribution < 1.29 is 0 Å². The molecule has 0 atom stereocenters. The number of nitrogens with zero attached hydrogens (tertiary/aromatic N) is 6. The van der Waals surface area contributed by atoms with Gasteiger partial charge in [0.15, 0.2) is 5.82 Å². The predicted molar refractivity (Wildman–Crippen MR) is 93.3 cm³/mol. The Morgan fingerprint density at radius 2 is 1.75 bits per heavy atom. The van der Waals surface area contributed by atoms with E-state index in [1.165, 1.54) is 0 Å². The second-order valence-corrected chi connectivity index (χ2v) is 5.93. The molecule has 0 amide bonds. The van der Waals surface area contributed by atoms with Crippen molar-refractivity contribution in [3.63, 3.8) is 0 Å². The van der Waals surface area contributed by atoms with Gasteiger partial charge in [-0.25, -0.2) is 19.6 Å².